The van der Waals surface area contributed by atoms with Crippen molar-refractivity contribution in [1.29, 1.82) is 0 Å². The molecule has 1 aliphatic heterocycles. The van der Waals surface area contributed by atoms with Crippen LogP contribution in [-0.4, -0.2) is 61.1 Å². The van der Waals surface area contributed by atoms with Gasteiger partial charge in [0.05, 0.1) is 19.9 Å². The largest absolute Gasteiger partial charge is 0.497 e. The Labute approximate surface area is 192 Å². The molecule has 6 nitrogen and oxygen atoms in total. The van der Waals surface area contributed by atoms with Crippen LogP contribution in [0.25, 0.3) is 16.6 Å². The molecule has 2 aromatic carbocycles. The normalized spacial score (nSPS) is 14.6. The number of benzene rings is 2. The molecule has 166 valence electrons. The predicted molar refractivity (Wildman–Crippen MR) is 128 cm³/mol. The molecule has 2 heterocycles. The molecule has 0 aliphatic carbocycles. The first kappa shape index (κ1) is 22.0. The van der Waals surface area contributed by atoms with Gasteiger partial charge in [-0.15, -0.1) is 11.3 Å². The minimum absolute atomic E-state index is 0.0518. The summed E-state index contributed by atoms with van der Waals surface area (Å²) in [6.07, 6.45) is 3.50. The van der Waals surface area contributed by atoms with Crippen molar-refractivity contribution in [3.05, 3.63) is 71.2 Å². The van der Waals surface area contributed by atoms with Crippen LogP contribution >= 0.6 is 11.3 Å². The van der Waals surface area contributed by atoms with E-state index >= 15 is 0 Å². The van der Waals surface area contributed by atoms with Crippen molar-refractivity contribution in [1.82, 2.24) is 14.8 Å². The Hall–Kier alpha value is -3.16. The number of rotatable bonds is 7. The molecule has 4 rings (SSSR count). The highest BCUT2D eigenvalue weighted by Crippen LogP contribution is 2.26. The average Bonchev–Trinajstić information content (AvgIpc) is 3.32. The maximum Gasteiger partial charge on any atom is 0.246 e. The second-order valence-corrected chi connectivity index (χ2v) is 8.44. The first-order valence-corrected chi connectivity index (χ1v) is 11.4. The van der Waals surface area contributed by atoms with Crippen LogP contribution in [-0.2, 0) is 11.3 Å². The Morgan fingerprint density at radius 1 is 0.969 bits per heavy atom. The van der Waals surface area contributed by atoms with E-state index in [2.05, 4.69) is 10.3 Å². The number of aromatic nitrogens is 1. The lowest BCUT2D eigenvalue weighted by molar-refractivity contribution is -0.127. The highest BCUT2D eigenvalue weighted by molar-refractivity contribution is 7.13. The van der Waals surface area contributed by atoms with Gasteiger partial charge < -0.3 is 14.4 Å². The van der Waals surface area contributed by atoms with Crippen molar-refractivity contribution in [3.8, 4) is 22.1 Å². The Bertz CT molecular complexity index is 1050. The number of hydrogen-bond donors (Lipinski definition) is 0. The number of carbonyl (C=O) groups is 1. The zero-order valence-corrected chi connectivity index (χ0v) is 19.2. The zero-order valence-electron chi connectivity index (χ0n) is 18.4. The van der Waals surface area contributed by atoms with Crippen molar-refractivity contribution in [2.45, 2.75) is 6.54 Å². The van der Waals surface area contributed by atoms with Gasteiger partial charge in [0, 0.05) is 49.7 Å². The van der Waals surface area contributed by atoms with Crippen molar-refractivity contribution in [3.63, 3.8) is 0 Å². The van der Waals surface area contributed by atoms with Gasteiger partial charge >= 0.3 is 0 Å². The Balaban J connectivity index is 1.26. The number of hydrogen-bond acceptors (Lipinski definition) is 6. The fraction of sp³-hybridized carbons (Fsp3) is 0.280. The van der Waals surface area contributed by atoms with E-state index in [4.69, 9.17) is 14.5 Å². The van der Waals surface area contributed by atoms with E-state index in [0.29, 0.717) is 0 Å². The molecule has 1 fully saturated rings. The number of thiazole rings is 1. The smallest absolute Gasteiger partial charge is 0.246 e. The van der Waals surface area contributed by atoms with Crippen LogP contribution in [0.1, 0.15) is 11.3 Å². The zero-order chi connectivity index (χ0) is 22.3. The topological polar surface area (TPSA) is 54.9 Å². The summed E-state index contributed by atoms with van der Waals surface area (Å²) in [5.74, 6) is 1.70. The standard InChI is InChI=1S/C25H27N3O3S/c1-30-22-8-3-19(4-9-22)5-12-24(29)28-15-13-27(14-16-28)17-21-18-32-25(26-21)20-6-10-23(31-2)11-7-20/h3-12,18H,13-17H2,1-2H3/b12-5+. The maximum atomic E-state index is 12.5. The number of amides is 1. The molecule has 7 heteroatoms. The first-order chi connectivity index (χ1) is 15.6. The van der Waals surface area contributed by atoms with Gasteiger partial charge in [-0.1, -0.05) is 12.1 Å². The van der Waals surface area contributed by atoms with E-state index in [1.165, 1.54) is 0 Å². The van der Waals surface area contributed by atoms with E-state index in [1.807, 2.05) is 59.5 Å². The van der Waals surface area contributed by atoms with E-state index in [9.17, 15) is 4.79 Å². The lowest BCUT2D eigenvalue weighted by atomic mass is 10.2. The average molecular weight is 450 g/mol. The number of ether oxygens (including phenoxy) is 2. The predicted octanol–water partition coefficient (Wildman–Crippen LogP) is 4.18. The Kier molecular flexibility index (Phi) is 7.19. The fourth-order valence-electron chi connectivity index (χ4n) is 3.59. The molecule has 1 aliphatic rings. The van der Waals surface area contributed by atoms with Gasteiger partial charge in [-0.05, 0) is 48.0 Å². The van der Waals surface area contributed by atoms with Gasteiger partial charge in [0.15, 0.2) is 0 Å². The number of piperazine rings is 1. The number of methoxy groups -OCH3 is 2. The van der Waals surface area contributed by atoms with Crippen LogP contribution in [0.4, 0.5) is 0 Å². The van der Waals surface area contributed by atoms with Crippen molar-refractivity contribution in [2.75, 3.05) is 40.4 Å². The van der Waals surface area contributed by atoms with Crippen LogP contribution in [0.15, 0.2) is 60.0 Å². The van der Waals surface area contributed by atoms with E-state index in [0.717, 1.165) is 66.1 Å². The SMILES string of the molecule is COc1ccc(/C=C/C(=O)N2CCN(Cc3csc(-c4ccc(OC)cc4)n3)CC2)cc1. The molecule has 0 unspecified atom stereocenters. The number of carbonyl (C=O) groups excluding carboxylic acids is 1. The lowest BCUT2D eigenvalue weighted by Crippen LogP contribution is -2.47. The quantitative estimate of drug-likeness (QED) is 0.507. The molecule has 0 N–H and O–H groups in total. The molecule has 0 saturated carbocycles. The third-order valence-electron chi connectivity index (χ3n) is 5.49. The lowest BCUT2D eigenvalue weighted by Gasteiger charge is -2.33. The molecule has 1 aromatic heterocycles. The summed E-state index contributed by atoms with van der Waals surface area (Å²) in [5.41, 5.74) is 3.15. The molecule has 1 saturated heterocycles. The van der Waals surface area contributed by atoms with Crippen molar-refractivity contribution < 1.29 is 14.3 Å². The summed E-state index contributed by atoms with van der Waals surface area (Å²) < 4.78 is 10.4. The Morgan fingerprint density at radius 3 is 2.22 bits per heavy atom. The molecule has 0 spiro atoms. The molecular weight excluding hydrogens is 422 g/mol. The maximum absolute atomic E-state index is 12.5. The third-order valence-corrected chi connectivity index (χ3v) is 6.43. The minimum Gasteiger partial charge on any atom is -0.497 e. The molecule has 1 amide bonds. The summed E-state index contributed by atoms with van der Waals surface area (Å²) in [7, 11) is 3.31. The summed E-state index contributed by atoms with van der Waals surface area (Å²) in [6, 6.07) is 15.6. The monoisotopic (exact) mass is 449 g/mol. The van der Waals surface area contributed by atoms with Crippen LogP contribution in [0, 0.1) is 0 Å². The van der Waals surface area contributed by atoms with Gasteiger partial charge in [0.2, 0.25) is 5.91 Å². The van der Waals surface area contributed by atoms with E-state index < -0.39 is 0 Å². The highest BCUT2D eigenvalue weighted by Gasteiger charge is 2.20. The van der Waals surface area contributed by atoms with Gasteiger partial charge in [0.1, 0.15) is 16.5 Å². The van der Waals surface area contributed by atoms with Gasteiger partial charge in [-0.3, -0.25) is 9.69 Å². The molecule has 0 radical (unpaired) electrons. The van der Waals surface area contributed by atoms with Crippen LogP contribution in [0.3, 0.4) is 0 Å². The molecular formula is C25H27N3O3S. The molecule has 0 atom stereocenters. The second kappa shape index (κ2) is 10.4. The van der Waals surface area contributed by atoms with Crippen LogP contribution in [0.5, 0.6) is 11.5 Å². The van der Waals surface area contributed by atoms with Crippen LogP contribution < -0.4 is 9.47 Å². The molecule has 32 heavy (non-hydrogen) atoms. The molecule has 0 bridgehead atoms. The van der Waals surface area contributed by atoms with Gasteiger partial charge in [-0.2, -0.15) is 0 Å². The fourth-order valence-corrected chi connectivity index (χ4v) is 4.41. The summed E-state index contributed by atoms with van der Waals surface area (Å²) in [6.45, 7) is 3.94. The van der Waals surface area contributed by atoms with E-state index in [1.54, 1.807) is 31.6 Å². The summed E-state index contributed by atoms with van der Waals surface area (Å²) in [4.78, 5) is 21.6. The third kappa shape index (κ3) is 5.55. The second-order valence-electron chi connectivity index (χ2n) is 7.58. The summed E-state index contributed by atoms with van der Waals surface area (Å²) >= 11 is 1.66. The minimum atomic E-state index is 0.0518. The first-order valence-electron chi connectivity index (χ1n) is 10.6. The van der Waals surface area contributed by atoms with Gasteiger partial charge in [0.25, 0.3) is 0 Å². The summed E-state index contributed by atoms with van der Waals surface area (Å²) in [5, 5.41) is 3.13. The molecule has 3 aromatic rings. The Morgan fingerprint density at radius 2 is 1.59 bits per heavy atom. The van der Waals surface area contributed by atoms with Crippen molar-refractivity contribution >= 4 is 23.3 Å². The van der Waals surface area contributed by atoms with E-state index in [-0.39, 0.29) is 5.91 Å². The highest BCUT2D eigenvalue weighted by atomic mass is 32.1. The number of nitrogens with zero attached hydrogens (tertiary/aromatic N) is 3. The van der Waals surface area contributed by atoms with Gasteiger partial charge in [-0.25, -0.2) is 4.98 Å². The van der Waals surface area contributed by atoms with Crippen LogP contribution in [0.2, 0.25) is 0 Å². The van der Waals surface area contributed by atoms with Crippen molar-refractivity contribution in [2.24, 2.45) is 0 Å².